The number of hydrogen-bond donors (Lipinski definition) is 1. The average Bonchev–Trinajstić information content (AvgIpc) is 2.13. The third kappa shape index (κ3) is 5.04. The van der Waals surface area contributed by atoms with Crippen molar-refractivity contribution in [3.05, 3.63) is 0 Å². The van der Waals surface area contributed by atoms with Crippen LogP contribution in [-0.4, -0.2) is 24.9 Å². The van der Waals surface area contributed by atoms with Gasteiger partial charge >= 0.3 is 12.4 Å². The van der Waals surface area contributed by atoms with Crippen LogP contribution in [0.4, 0.5) is 26.3 Å². The van der Waals surface area contributed by atoms with Crippen LogP contribution in [0.15, 0.2) is 0 Å². The smallest absolute Gasteiger partial charge is 0.313 e. The molecule has 2 unspecified atom stereocenters. The molecule has 0 aromatic heterocycles. The Balaban J connectivity index is 5.23. The predicted octanol–water partition coefficient (Wildman–Crippen LogP) is 4.14. The van der Waals surface area contributed by atoms with E-state index in [1.54, 1.807) is 6.92 Å². The summed E-state index contributed by atoms with van der Waals surface area (Å²) in [4.78, 5) is 0. The van der Waals surface area contributed by atoms with Crippen LogP contribution in [0.5, 0.6) is 0 Å². The second kappa shape index (κ2) is 6.63. The molecule has 0 aliphatic rings. The molecule has 0 aliphatic carbocycles. The van der Waals surface area contributed by atoms with E-state index in [1.807, 2.05) is 0 Å². The van der Waals surface area contributed by atoms with Gasteiger partial charge in [-0.2, -0.15) is 26.3 Å². The van der Waals surface area contributed by atoms with E-state index in [0.717, 1.165) is 0 Å². The average molecular weight is 279 g/mol. The fourth-order valence-corrected chi connectivity index (χ4v) is 2.11. The number of rotatable bonds is 6. The first kappa shape index (κ1) is 17.5. The van der Waals surface area contributed by atoms with Crippen LogP contribution in [0.3, 0.4) is 0 Å². The summed E-state index contributed by atoms with van der Waals surface area (Å²) < 4.78 is 75.8. The lowest BCUT2D eigenvalue weighted by Gasteiger charge is -2.34. The minimum absolute atomic E-state index is 0.0708. The number of halogens is 6. The number of hydrogen-bond acceptors (Lipinski definition) is 1. The molecule has 0 bridgehead atoms. The molecule has 7 heteroatoms. The molecule has 0 radical (unpaired) electrons. The highest BCUT2D eigenvalue weighted by Gasteiger charge is 2.60. The normalized spacial score (nSPS) is 17.0. The largest absolute Gasteiger partial charge is 0.402 e. The van der Waals surface area contributed by atoms with Gasteiger partial charge in [-0.1, -0.05) is 27.2 Å². The zero-order valence-corrected chi connectivity index (χ0v) is 10.6. The monoisotopic (exact) mass is 279 g/mol. The molecule has 2 atom stereocenters. The summed E-state index contributed by atoms with van der Waals surface area (Å²) in [5, 5.41) is 2.34. The topological polar surface area (TPSA) is 12.0 Å². The Kier molecular flexibility index (Phi) is 6.46. The summed E-state index contributed by atoms with van der Waals surface area (Å²) in [7, 11) is 0. The summed E-state index contributed by atoms with van der Waals surface area (Å²) >= 11 is 0. The van der Waals surface area contributed by atoms with Gasteiger partial charge in [-0.05, 0) is 18.9 Å². The molecule has 0 rings (SSSR count). The van der Waals surface area contributed by atoms with E-state index >= 15 is 0 Å². The maximum atomic E-state index is 12.6. The Morgan fingerprint density at radius 3 is 1.67 bits per heavy atom. The van der Waals surface area contributed by atoms with E-state index in [0.29, 0.717) is 12.8 Å². The van der Waals surface area contributed by atoms with Crippen LogP contribution >= 0.6 is 0 Å². The third-order valence-corrected chi connectivity index (χ3v) is 2.86. The van der Waals surface area contributed by atoms with Crippen molar-refractivity contribution in [2.75, 3.05) is 6.54 Å². The minimum atomic E-state index is -5.28. The minimum Gasteiger partial charge on any atom is -0.313 e. The second-order valence-corrected chi connectivity index (χ2v) is 4.41. The van der Waals surface area contributed by atoms with Crippen molar-refractivity contribution in [2.24, 2.45) is 11.8 Å². The standard InChI is InChI=1S/C11H19F6N/c1-4-6-7(3)8(18-5-2)9(10(12,13)14)11(15,16)17/h7-9,18H,4-6H2,1-3H3. The molecular weight excluding hydrogens is 260 g/mol. The van der Waals surface area contributed by atoms with E-state index < -0.39 is 30.2 Å². The van der Waals surface area contributed by atoms with Gasteiger partial charge in [0.25, 0.3) is 0 Å². The molecule has 0 spiro atoms. The van der Waals surface area contributed by atoms with Crippen molar-refractivity contribution >= 4 is 0 Å². The molecule has 1 nitrogen and oxygen atoms in total. The number of alkyl halides is 6. The zero-order valence-electron chi connectivity index (χ0n) is 10.6. The van der Waals surface area contributed by atoms with Crippen LogP contribution in [0, 0.1) is 11.8 Å². The van der Waals surface area contributed by atoms with Gasteiger partial charge in [-0.3, -0.25) is 0 Å². The summed E-state index contributed by atoms with van der Waals surface area (Å²) in [6.45, 7) is 4.72. The van der Waals surface area contributed by atoms with E-state index in [-0.39, 0.29) is 6.54 Å². The molecular formula is C11H19F6N. The quantitative estimate of drug-likeness (QED) is 0.720. The van der Waals surface area contributed by atoms with Gasteiger partial charge in [0, 0.05) is 6.04 Å². The van der Waals surface area contributed by atoms with Gasteiger partial charge in [-0.15, -0.1) is 0 Å². The van der Waals surface area contributed by atoms with Gasteiger partial charge < -0.3 is 5.32 Å². The van der Waals surface area contributed by atoms with Crippen LogP contribution < -0.4 is 5.32 Å². The molecule has 0 heterocycles. The van der Waals surface area contributed by atoms with Crippen molar-refractivity contribution in [2.45, 2.75) is 52.0 Å². The molecule has 0 fully saturated rings. The lowest BCUT2D eigenvalue weighted by atomic mass is 9.85. The van der Waals surface area contributed by atoms with Crippen molar-refractivity contribution in [1.29, 1.82) is 0 Å². The molecule has 0 aromatic carbocycles. The maximum Gasteiger partial charge on any atom is 0.402 e. The molecule has 0 saturated heterocycles. The number of nitrogens with one attached hydrogen (secondary N) is 1. The van der Waals surface area contributed by atoms with E-state index in [9.17, 15) is 26.3 Å². The SMILES string of the molecule is CCCC(C)C(NCC)C(C(F)(F)F)C(F)(F)F. The molecule has 110 valence electrons. The molecule has 1 N–H and O–H groups in total. The molecule has 18 heavy (non-hydrogen) atoms. The van der Waals surface area contributed by atoms with Gasteiger partial charge in [0.05, 0.1) is 0 Å². The summed E-state index contributed by atoms with van der Waals surface area (Å²) in [6, 6.07) is -1.63. The highest BCUT2D eigenvalue weighted by molar-refractivity contribution is 4.89. The predicted molar refractivity (Wildman–Crippen MR) is 57.1 cm³/mol. The molecule has 0 amide bonds. The van der Waals surface area contributed by atoms with Crippen LogP contribution in [0.1, 0.15) is 33.6 Å². The van der Waals surface area contributed by atoms with E-state index in [2.05, 4.69) is 5.32 Å². The Morgan fingerprint density at radius 2 is 1.39 bits per heavy atom. The Labute approximate surface area is 103 Å². The Hall–Kier alpha value is -0.460. The van der Waals surface area contributed by atoms with Crippen LogP contribution in [-0.2, 0) is 0 Å². The first-order chi connectivity index (χ1) is 8.05. The van der Waals surface area contributed by atoms with Crippen molar-refractivity contribution in [3.8, 4) is 0 Å². The summed E-state index contributed by atoms with van der Waals surface area (Å²) in [5.41, 5.74) is 0. The molecule has 0 aliphatic heterocycles. The Morgan fingerprint density at radius 1 is 0.944 bits per heavy atom. The fraction of sp³-hybridized carbons (Fsp3) is 1.00. The molecule has 0 saturated carbocycles. The summed E-state index contributed by atoms with van der Waals surface area (Å²) in [6.07, 6.45) is -9.70. The second-order valence-electron chi connectivity index (χ2n) is 4.41. The fourth-order valence-electron chi connectivity index (χ4n) is 2.11. The van der Waals surface area contributed by atoms with Crippen molar-refractivity contribution in [3.63, 3.8) is 0 Å². The van der Waals surface area contributed by atoms with Gasteiger partial charge in [0.15, 0.2) is 5.92 Å². The highest BCUT2D eigenvalue weighted by atomic mass is 19.4. The lowest BCUT2D eigenvalue weighted by molar-refractivity contribution is -0.294. The van der Waals surface area contributed by atoms with E-state index in [4.69, 9.17) is 0 Å². The first-order valence-corrected chi connectivity index (χ1v) is 5.92. The van der Waals surface area contributed by atoms with Gasteiger partial charge in [0.2, 0.25) is 0 Å². The molecule has 0 aromatic rings. The van der Waals surface area contributed by atoms with Crippen molar-refractivity contribution < 1.29 is 26.3 Å². The maximum absolute atomic E-state index is 12.6. The third-order valence-electron chi connectivity index (χ3n) is 2.86. The summed E-state index contributed by atoms with van der Waals surface area (Å²) in [5.74, 6) is -4.00. The van der Waals surface area contributed by atoms with Crippen LogP contribution in [0.2, 0.25) is 0 Å². The van der Waals surface area contributed by atoms with E-state index in [1.165, 1.54) is 13.8 Å². The van der Waals surface area contributed by atoms with Gasteiger partial charge in [0.1, 0.15) is 0 Å². The van der Waals surface area contributed by atoms with Crippen molar-refractivity contribution in [1.82, 2.24) is 5.32 Å². The lowest BCUT2D eigenvalue weighted by Crippen LogP contribution is -2.53. The van der Waals surface area contributed by atoms with Gasteiger partial charge in [-0.25, -0.2) is 0 Å². The zero-order chi connectivity index (χ0) is 14.6. The first-order valence-electron chi connectivity index (χ1n) is 5.92. The van der Waals surface area contributed by atoms with Crippen LogP contribution in [0.25, 0.3) is 0 Å². The highest BCUT2D eigenvalue weighted by Crippen LogP contribution is 2.43. The Bertz CT molecular complexity index is 221.